The molecule has 0 fully saturated rings. The highest BCUT2D eigenvalue weighted by molar-refractivity contribution is 7.15. The second-order valence-corrected chi connectivity index (χ2v) is 6.32. The van der Waals surface area contributed by atoms with Crippen molar-refractivity contribution in [3.8, 4) is 17.0 Å². The third-order valence-corrected chi connectivity index (χ3v) is 4.87. The van der Waals surface area contributed by atoms with Crippen molar-refractivity contribution in [3.63, 3.8) is 0 Å². The van der Waals surface area contributed by atoms with Crippen LogP contribution in [0.2, 0.25) is 0 Å². The largest absolute Gasteiger partial charge is 0.497 e. The normalized spacial score (nSPS) is 11.2. The number of carbonyl (C=O) groups excluding carboxylic acids is 1. The third kappa shape index (κ3) is 3.12. The van der Waals surface area contributed by atoms with Gasteiger partial charge in [-0.2, -0.15) is 4.98 Å². The predicted molar refractivity (Wildman–Crippen MR) is 95.6 cm³/mol. The fourth-order valence-electron chi connectivity index (χ4n) is 2.57. The van der Waals surface area contributed by atoms with E-state index in [1.54, 1.807) is 11.6 Å². The molecule has 0 bridgehead atoms. The van der Waals surface area contributed by atoms with Gasteiger partial charge in [0.25, 0.3) is 0 Å². The summed E-state index contributed by atoms with van der Waals surface area (Å²) in [7, 11) is 1.64. The lowest BCUT2D eigenvalue weighted by Crippen LogP contribution is -2.22. The van der Waals surface area contributed by atoms with E-state index in [0.29, 0.717) is 5.95 Å². The van der Waals surface area contributed by atoms with Crippen molar-refractivity contribution in [2.24, 2.45) is 5.92 Å². The number of thiazole rings is 1. The Kier molecular flexibility index (Phi) is 4.80. The van der Waals surface area contributed by atoms with Crippen molar-refractivity contribution < 1.29 is 9.53 Å². The quantitative estimate of drug-likeness (QED) is 0.737. The molecule has 126 valence electrons. The molecule has 24 heavy (non-hydrogen) atoms. The number of hydrogen-bond acceptors (Lipinski definition) is 5. The van der Waals surface area contributed by atoms with Gasteiger partial charge in [0.15, 0.2) is 0 Å². The van der Waals surface area contributed by atoms with E-state index in [2.05, 4.69) is 15.4 Å². The predicted octanol–water partition coefficient (Wildman–Crippen LogP) is 3.84. The topological polar surface area (TPSA) is 68.5 Å². The molecule has 2 heterocycles. The van der Waals surface area contributed by atoms with Crippen molar-refractivity contribution >= 4 is 28.2 Å². The molecule has 0 aliphatic carbocycles. The van der Waals surface area contributed by atoms with E-state index in [1.807, 2.05) is 43.5 Å². The fraction of sp³-hybridized carbons (Fsp3) is 0.353. The zero-order chi connectivity index (χ0) is 17.1. The lowest BCUT2D eigenvalue weighted by atomic mass is 10.0. The Balaban J connectivity index is 1.87. The van der Waals surface area contributed by atoms with Crippen molar-refractivity contribution in [1.29, 1.82) is 0 Å². The lowest BCUT2D eigenvalue weighted by molar-refractivity contribution is -0.120. The molecular formula is C17H20N4O2S. The summed E-state index contributed by atoms with van der Waals surface area (Å²) < 4.78 is 6.94. The molecule has 0 radical (unpaired) electrons. The highest BCUT2D eigenvalue weighted by Gasteiger charge is 2.18. The fourth-order valence-corrected chi connectivity index (χ4v) is 3.40. The highest BCUT2D eigenvalue weighted by atomic mass is 32.1. The van der Waals surface area contributed by atoms with Crippen LogP contribution in [0.5, 0.6) is 5.75 Å². The summed E-state index contributed by atoms with van der Waals surface area (Å²) >= 11 is 1.49. The van der Waals surface area contributed by atoms with E-state index >= 15 is 0 Å². The maximum absolute atomic E-state index is 12.2. The van der Waals surface area contributed by atoms with E-state index in [-0.39, 0.29) is 11.8 Å². The van der Waals surface area contributed by atoms with Gasteiger partial charge in [-0.1, -0.05) is 13.8 Å². The van der Waals surface area contributed by atoms with E-state index in [4.69, 9.17) is 4.74 Å². The number of methoxy groups -OCH3 is 1. The minimum atomic E-state index is -0.0238. The Labute approximate surface area is 144 Å². The van der Waals surface area contributed by atoms with Crippen LogP contribution in [0, 0.1) is 5.92 Å². The second-order valence-electron chi connectivity index (χ2n) is 5.48. The molecule has 1 aromatic carbocycles. The summed E-state index contributed by atoms with van der Waals surface area (Å²) in [6.45, 7) is 4.02. The van der Waals surface area contributed by atoms with Crippen LogP contribution >= 0.6 is 11.3 Å². The lowest BCUT2D eigenvalue weighted by Gasteiger charge is -2.09. The summed E-state index contributed by atoms with van der Waals surface area (Å²) in [6, 6.07) is 7.77. The van der Waals surface area contributed by atoms with Gasteiger partial charge in [-0.05, 0) is 37.1 Å². The van der Waals surface area contributed by atoms with Crippen LogP contribution in [0.15, 0.2) is 29.6 Å². The molecular weight excluding hydrogens is 324 g/mol. The van der Waals surface area contributed by atoms with Gasteiger partial charge < -0.3 is 4.74 Å². The summed E-state index contributed by atoms with van der Waals surface area (Å²) in [4.78, 5) is 17.3. The third-order valence-electron chi connectivity index (χ3n) is 4.06. The van der Waals surface area contributed by atoms with Crippen molar-refractivity contribution in [1.82, 2.24) is 14.6 Å². The summed E-state index contributed by atoms with van der Waals surface area (Å²) in [6.07, 6.45) is 1.61. The number of anilines is 1. The Bertz CT molecular complexity index is 834. The van der Waals surface area contributed by atoms with Crippen LogP contribution in [0.3, 0.4) is 0 Å². The minimum absolute atomic E-state index is 0.00686. The molecule has 0 saturated carbocycles. The maximum atomic E-state index is 12.2. The summed E-state index contributed by atoms with van der Waals surface area (Å²) in [5.41, 5.74) is 1.96. The monoisotopic (exact) mass is 344 g/mol. The first kappa shape index (κ1) is 16.4. The average Bonchev–Trinajstić information content (AvgIpc) is 3.16. The molecule has 0 atom stereocenters. The van der Waals surface area contributed by atoms with Gasteiger partial charge in [0.1, 0.15) is 5.75 Å². The standard InChI is InChI=1S/C17H20N4O2S/c1-4-11(5-2)15(22)18-16-19-17-21(20-16)14(10-24-17)12-6-8-13(23-3)9-7-12/h6-11H,4-5H2,1-3H3,(H,18,20,22). The highest BCUT2D eigenvalue weighted by Crippen LogP contribution is 2.27. The average molecular weight is 344 g/mol. The number of carbonyl (C=O) groups is 1. The molecule has 7 heteroatoms. The smallest absolute Gasteiger partial charge is 0.250 e. The van der Waals surface area contributed by atoms with Crippen LogP contribution in [-0.2, 0) is 4.79 Å². The molecule has 3 aromatic rings. The van der Waals surface area contributed by atoms with Crippen LogP contribution in [0.1, 0.15) is 26.7 Å². The van der Waals surface area contributed by atoms with Crippen molar-refractivity contribution in [2.75, 3.05) is 12.4 Å². The van der Waals surface area contributed by atoms with Gasteiger partial charge in [-0.15, -0.1) is 16.4 Å². The van der Waals surface area contributed by atoms with Crippen LogP contribution in [0.4, 0.5) is 5.95 Å². The van der Waals surface area contributed by atoms with Crippen LogP contribution in [0.25, 0.3) is 16.2 Å². The second kappa shape index (κ2) is 7.00. The minimum Gasteiger partial charge on any atom is -0.497 e. The molecule has 2 aromatic heterocycles. The molecule has 0 saturated heterocycles. The van der Waals surface area contributed by atoms with Gasteiger partial charge in [0, 0.05) is 16.9 Å². The molecule has 0 aliphatic rings. The number of fused-ring (bicyclic) bond motifs is 1. The number of rotatable bonds is 6. The van der Waals surface area contributed by atoms with Gasteiger partial charge in [0.05, 0.1) is 12.8 Å². The Morgan fingerprint density at radius 3 is 2.62 bits per heavy atom. The van der Waals surface area contributed by atoms with Crippen LogP contribution < -0.4 is 10.1 Å². The number of hydrogen-bond donors (Lipinski definition) is 1. The van der Waals surface area contributed by atoms with Crippen molar-refractivity contribution in [3.05, 3.63) is 29.6 Å². The maximum Gasteiger partial charge on any atom is 0.250 e. The van der Waals surface area contributed by atoms with Gasteiger partial charge in [-0.3, -0.25) is 10.1 Å². The molecule has 1 amide bonds. The van der Waals surface area contributed by atoms with Gasteiger partial charge in [-0.25, -0.2) is 4.52 Å². The Hall–Kier alpha value is -2.41. The van der Waals surface area contributed by atoms with Gasteiger partial charge >= 0.3 is 0 Å². The van der Waals surface area contributed by atoms with E-state index in [9.17, 15) is 4.79 Å². The van der Waals surface area contributed by atoms with Gasteiger partial charge in [0.2, 0.25) is 16.8 Å². The molecule has 0 aliphatic heterocycles. The molecule has 1 N–H and O–H groups in total. The number of benzene rings is 1. The Morgan fingerprint density at radius 1 is 1.29 bits per heavy atom. The van der Waals surface area contributed by atoms with Crippen molar-refractivity contribution in [2.45, 2.75) is 26.7 Å². The Morgan fingerprint density at radius 2 is 2.00 bits per heavy atom. The SMILES string of the molecule is CCC(CC)C(=O)Nc1nc2scc(-c3ccc(OC)cc3)n2n1. The zero-order valence-electron chi connectivity index (χ0n) is 13.9. The number of aromatic nitrogens is 3. The molecule has 0 unspecified atom stereocenters. The molecule has 6 nitrogen and oxygen atoms in total. The first-order chi connectivity index (χ1) is 11.7. The zero-order valence-corrected chi connectivity index (χ0v) is 14.8. The van der Waals surface area contributed by atoms with Crippen LogP contribution in [-0.4, -0.2) is 27.6 Å². The number of amides is 1. The number of nitrogens with one attached hydrogen (secondary N) is 1. The van der Waals surface area contributed by atoms with E-state index in [0.717, 1.165) is 34.8 Å². The summed E-state index contributed by atoms with van der Waals surface area (Å²) in [5, 5.41) is 9.26. The molecule has 0 spiro atoms. The number of ether oxygens (including phenoxy) is 1. The number of nitrogens with zero attached hydrogens (tertiary/aromatic N) is 3. The first-order valence-electron chi connectivity index (χ1n) is 7.95. The first-order valence-corrected chi connectivity index (χ1v) is 8.83. The molecule has 3 rings (SSSR count). The van der Waals surface area contributed by atoms with E-state index in [1.165, 1.54) is 11.3 Å². The summed E-state index contributed by atoms with van der Waals surface area (Å²) in [5.74, 6) is 1.13. The van der Waals surface area contributed by atoms with E-state index < -0.39 is 0 Å².